The molecule has 0 fully saturated rings. The molecule has 74 valence electrons. The van der Waals surface area contributed by atoms with Gasteiger partial charge in [-0.15, -0.1) is 0 Å². The summed E-state index contributed by atoms with van der Waals surface area (Å²) in [5, 5.41) is 3.17. The lowest BCUT2D eigenvalue weighted by atomic mass is 10.2. The van der Waals surface area contributed by atoms with Crippen molar-refractivity contribution in [1.82, 2.24) is 5.32 Å². The quantitative estimate of drug-likeness (QED) is 0.782. The minimum atomic E-state index is 0.396. The molecule has 1 unspecified atom stereocenters. The van der Waals surface area contributed by atoms with E-state index in [4.69, 9.17) is 4.74 Å². The Morgan fingerprint density at radius 1 is 1.36 bits per heavy atom. The van der Waals surface area contributed by atoms with Gasteiger partial charge in [-0.3, -0.25) is 4.99 Å². The summed E-state index contributed by atoms with van der Waals surface area (Å²) in [7, 11) is 0. The Kier molecular flexibility index (Phi) is 3.01. The third-order valence-corrected chi connectivity index (χ3v) is 2.20. The van der Waals surface area contributed by atoms with Crippen molar-refractivity contribution in [3.05, 3.63) is 30.3 Å². The van der Waals surface area contributed by atoms with Crippen LogP contribution in [0, 0.1) is 0 Å². The molecule has 0 saturated carbocycles. The monoisotopic (exact) mass is 190 g/mol. The normalized spacial score (nSPS) is 20.1. The summed E-state index contributed by atoms with van der Waals surface area (Å²) in [6.07, 6.45) is 2.81. The molecule has 0 spiro atoms. The summed E-state index contributed by atoms with van der Waals surface area (Å²) in [4.78, 5) is 4.09. The summed E-state index contributed by atoms with van der Waals surface area (Å²) in [6, 6.07) is 10.3. The zero-order valence-corrected chi connectivity index (χ0v) is 8.02. The molecule has 3 heteroatoms. The molecule has 3 nitrogen and oxygen atoms in total. The average Bonchev–Trinajstić information content (AvgIpc) is 2.29. The smallest absolute Gasteiger partial charge is 0.119 e. The summed E-state index contributed by atoms with van der Waals surface area (Å²) >= 11 is 0. The molecule has 1 heterocycles. The second-order valence-corrected chi connectivity index (χ2v) is 3.31. The SMILES string of the molecule is C1=NCCC(COc2ccccc2)N1. The van der Waals surface area contributed by atoms with E-state index in [2.05, 4.69) is 10.3 Å². The molecule has 1 atom stereocenters. The highest BCUT2D eigenvalue weighted by atomic mass is 16.5. The molecule has 1 aliphatic heterocycles. The molecule has 0 aromatic heterocycles. The molecule has 14 heavy (non-hydrogen) atoms. The number of para-hydroxylation sites is 1. The van der Waals surface area contributed by atoms with Crippen LogP contribution in [0.1, 0.15) is 6.42 Å². The maximum absolute atomic E-state index is 5.62. The Balaban J connectivity index is 1.80. The van der Waals surface area contributed by atoms with E-state index in [0.29, 0.717) is 12.6 Å². The van der Waals surface area contributed by atoms with Gasteiger partial charge in [-0.05, 0) is 18.6 Å². The Morgan fingerprint density at radius 3 is 2.93 bits per heavy atom. The number of ether oxygens (including phenoxy) is 1. The van der Waals surface area contributed by atoms with Crippen LogP contribution < -0.4 is 10.1 Å². The van der Waals surface area contributed by atoms with E-state index in [0.717, 1.165) is 18.7 Å². The topological polar surface area (TPSA) is 33.6 Å². The highest BCUT2D eigenvalue weighted by Crippen LogP contribution is 2.09. The maximum atomic E-state index is 5.62. The number of aliphatic imine (C=N–C) groups is 1. The van der Waals surface area contributed by atoms with Gasteiger partial charge in [0.15, 0.2) is 0 Å². The first-order valence-corrected chi connectivity index (χ1v) is 4.87. The number of rotatable bonds is 3. The number of nitrogens with one attached hydrogen (secondary N) is 1. The Morgan fingerprint density at radius 2 is 2.21 bits per heavy atom. The first-order valence-electron chi connectivity index (χ1n) is 4.87. The third kappa shape index (κ3) is 2.49. The lowest BCUT2D eigenvalue weighted by molar-refractivity contribution is 0.270. The standard InChI is InChI=1S/C11H14N2O/c1-2-4-11(5-3-1)14-8-10-6-7-12-9-13-10/h1-5,9-10H,6-8H2,(H,12,13). The highest BCUT2D eigenvalue weighted by Gasteiger charge is 2.09. The van der Waals surface area contributed by atoms with Gasteiger partial charge in [0, 0.05) is 6.54 Å². The van der Waals surface area contributed by atoms with Crippen LogP contribution >= 0.6 is 0 Å². The van der Waals surface area contributed by atoms with Gasteiger partial charge in [0.2, 0.25) is 0 Å². The first-order chi connectivity index (χ1) is 6.95. The van der Waals surface area contributed by atoms with Gasteiger partial charge in [-0.1, -0.05) is 18.2 Å². The van der Waals surface area contributed by atoms with E-state index in [-0.39, 0.29) is 0 Å². The molecule has 1 aromatic carbocycles. The third-order valence-electron chi connectivity index (χ3n) is 2.20. The zero-order valence-electron chi connectivity index (χ0n) is 8.02. The van der Waals surface area contributed by atoms with Crippen LogP contribution in [0.5, 0.6) is 5.75 Å². The Bertz CT molecular complexity index is 297. The molecule has 0 saturated heterocycles. The predicted octanol–water partition coefficient (Wildman–Crippen LogP) is 1.46. The van der Waals surface area contributed by atoms with E-state index in [9.17, 15) is 0 Å². The van der Waals surface area contributed by atoms with Gasteiger partial charge >= 0.3 is 0 Å². The molecule has 1 aromatic rings. The molecule has 0 bridgehead atoms. The van der Waals surface area contributed by atoms with E-state index in [1.54, 1.807) is 6.34 Å². The fraction of sp³-hybridized carbons (Fsp3) is 0.364. The van der Waals surface area contributed by atoms with E-state index >= 15 is 0 Å². The van der Waals surface area contributed by atoms with Crippen LogP contribution in [-0.4, -0.2) is 25.5 Å². The molecule has 0 aliphatic carbocycles. The summed E-state index contributed by atoms with van der Waals surface area (Å²) < 4.78 is 5.62. The lowest BCUT2D eigenvalue weighted by Crippen LogP contribution is -2.37. The summed E-state index contributed by atoms with van der Waals surface area (Å²) in [5.74, 6) is 0.928. The molecule has 0 radical (unpaired) electrons. The summed E-state index contributed by atoms with van der Waals surface area (Å²) in [6.45, 7) is 1.60. The minimum absolute atomic E-state index is 0.396. The van der Waals surface area contributed by atoms with Crippen LogP contribution in [0.4, 0.5) is 0 Å². The molecule has 2 rings (SSSR count). The van der Waals surface area contributed by atoms with E-state index < -0.39 is 0 Å². The molecular weight excluding hydrogens is 176 g/mol. The van der Waals surface area contributed by atoms with E-state index in [1.807, 2.05) is 30.3 Å². The van der Waals surface area contributed by atoms with Gasteiger partial charge in [0.25, 0.3) is 0 Å². The second kappa shape index (κ2) is 4.65. The van der Waals surface area contributed by atoms with Crippen LogP contribution in [0.25, 0.3) is 0 Å². The van der Waals surface area contributed by atoms with Crippen LogP contribution in [-0.2, 0) is 0 Å². The van der Waals surface area contributed by atoms with Gasteiger partial charge in [0.1, 0.15) is 12.4 Å². The number of benzene rings is 1. The van der Waals surface area contributed by atoms with Crippen LogP contribution in [0.3, 0.4) is 0 Å². The van der Waals surface area contributed by atoms with E-state index in [1.165, 1.54) is 0 Å². The van der Waals surface area contributed by atoms with Crippen molar-refractivity contribution in [1.29, 1.82) is 0 Å². The van der Waals surface area contributed by atoms with Gasteiger partial charge < -0.3 is 10.1 Å². The van der Waals surface area contributed by atoms with Crippen molar-refractivity contribution < 1.29 is 4.74 Å². The van der Waals surface area contributed by atoms with Gasteiger partial charge in [0.05, 0.1) is 12.4 Å². The van der Waals surface area contributed by atoms with Crippen molar-refractivity contribution in [2.75, 3.05) is 13.2 Å². The van der Waals surface area contributed by atoms with Crippen molar-refractivity contribution in [2.45, 2.75) is 12.5 Å². The number of hydrogen-bond acceptors (Lipinski definition) is 3. The van der Waals surface area contributed by atoms with Crippen LogP contribution in [0.2, 0.25) is 0 Å². The fourth-order valence-corrected chi connectivity index (χ4v) is 1.38. The fourth-order valence-electron chi connectivity index (χ4n) is 1.38. The zero-order chi connectivity index (χ0) is 9.64. The maximum Gasteiger partial charge on any atom is 0.119 e. The average molecular weight is 190 g/mol. The van der Waals surface area contributed by atoms with Gasteiger partial charge in [-0.25, -0.2) is 0 Å². The summed E-state index contributed by atoms with van der Waals surface area (Å²) in [5.41, 5.74) is 0. The minimum Gasteiger partial charge on any atom is -0.491 e. The van der Waals surface area contributed by atoms with Crippen LogP contribution in [0.15, 0.2) is 35.3 Å². The van der Waals surface area contributed by atoms with Crippen molar-refractivity contribution in [3.63, 3.8) is 0 Å². The molecule has 1 N–H and O–H groups in total. The molecular formula is C11H14N2O. The Hall–Kier alpha value is -1.51. The van der Waals surface area contributed by atoms with Crippen molar-refractivity contribution in [2.24, 2.45) is 4.99 Å². The van der Waals surface area contributed by atoms with Gasteiger partial charge in [-0.2, -0.15) is 0 Å². The van der Waals surface area contributed by atoms with Crippen molar-refractivity contribution in [3.8, 4) is 5.75 Å². The largest absolute Gasteiger partial charge is 0.491 e. The van der Waals surface area contributed by atoms with Crippen molar-refractivity contribution >= 4 is 6.34 Å². The number of nitrogens with zero attached hydrogens (tertiary/aromatic N) is 1. The molecule has 1 aliphatic rings. The second-order valence-electron chi connectivity index (χ2n) is 3.31. The lowest BCUT2D eigenvalue weighted by Gasteiger charge is -2.19. The predicted molar refractivity (Wildman–Crippen MR) is 56.8 cm³/mol. The number of hydrogen-bond donors (Lipinski definition) is 1. The highest BCUT2D eigenvalue weighted by molar-refractivity contribution is 5.55. The first kappa shape index (κ1) is 9.06. The Labute approximate surface area is 83.8 Å². The molecule has 0 amide bonds.